The van der Waals surface area contributed by atoms with Crippen LogP contribution in [0.2, 0.25) is 0 Å². The van der Waals surface area contributed by atoms with E-state index in [2.05, 4.69) is 22.3 Å². The molecule has 0 radical (unpaired) electrons. The lowest BCUT2D eigenvalue weighted by Crippen LogP contribution is -2.29. The smallest absolute Gasteiger partial charge is 0.233 e. The lowest BCUT2D eigenvalue weighted by atomic mass is 10.1. The van der Waals surface area contributed by atoms with Gasteiger partial charge < -0.3 is 9.32 Å². The fourth-order valence-electron chi connectivity index (χ4n) is 3.24. The molecule has 0 spiro atoms. The highest BCUT2D eigenvalue weighted by atomic mass is 32.2. The van der Waals surface area contributed by atoms with Gasteiger partial charge in [-0.15, -0.1) is 10.2 Å². The number of hydrogen-bond donors (Lipinski definition) is 0. The second kappa shape index (κ2) is 8.43. The fourth-order valence-corrected chi connectivity index (χ4v) is 4.10. The number of carbonyl (C=O) groups excluding carboxylic acids is 1. The lowest BCUT2D eigenvalue weighted by molar-refractivity contribution is -0.127. The Morgan fingerprint density at radius 1 is 1.07 bits per heavy atom. The second-order valence-electron chi connectivity index (χ2n) is 6.60. The maximum absolute atomic E-state index is 12.4. The molecule has 1 aliphatic rings. The molecule has 2 aromatic heterocycles. The summed E-state index contributed by atoms with van der Waals surface area (Å²) < 4.78 is 7.56. The summed E-state index contributed by atoms with van der Waals surface area (Å²) in [5.41, 5.74) is 1.18. The van der Waals surface area contributed by atoms with Crippen LogP contribution in [0, 0.1) is 0 Å². The third-order valence-corrected chi connectivity index (χ3v) is 5.63. The third kappa shape index (κ3) is 4.42. The average molecular weight is 382 g/mol. The summed E-state index contributed by atoms with van der Waals surface area (Å²) in [5.74, 6) is 2.28. The normalized spacial score (nSPS) is 14.0. The van der Waals surface area contributed by atoms with Crippen LogP contribution in [0.5, 0.6) is 0 Å². The second-order valence-corrected chi connectivity index (χ2v) is 7.55. The quantitative estimate of drug-likeness (QED) is 0.587. The van der Waals surface area contributed by atoms with Crippen molar-refractivity contribution in [1.82, 2.24) is 19.7 Å². The summed E-state index contributed by atoms with van der Waals surface area (Å²) in [5, 5.41) is 9.50. The largest absolute Gasteiger partial charge is 0.467 e. The van der Waals surface area contributed by atoms with Crippen molar-refractivity contribution in [3.8, 4) is 0 Å². The van der Waals surface area contributed by atoms with Gasteiger partial charge in [0.1, 0.15) is 11.6 Å². The molecule has 1 fully saturated rings. The van der Waals surface area contributed by atoms with Crippen molar-refractivity contribution in [1.29, 1.82) is 0 Å². The Bertz CT molecular complexity index is 871. The van der Waals surface area contributed by atoms with Gasteiger partial charge in [0.05, 0.1) is 18.6 Å². The Balaban J connectivity index is 1.51. The number of likely N-dealkylation sites (tertiary alicyclic amines) is 1. The predicted molar refractivity (Wildman–Crippen MR) is 104 cm³/mol. The molecule has 3 heterocycles. The molecule has 3 aromatic rings. The molecule has 0 aliphatic carbocycles. The van der Waals surface area contributed by atoms with E-state index in [1.54, 1.807) is 6.26 Å². The molecule has 0 unspecified atom stereocenters. The van der Waals surface area contributed by atoms with Crippen LogP contribution in [0.1, 0.15) is 30.0 Å². The summed E-state index contributed by atoms with van der Waals surface area (Å²) >= 11 is 1.45. The maximum atomic E-state index is 12.4. The predicted octanol–water partition coefficient (Wildman–Crippen LogP) is 3.22. The van der Waals surface area contributed by atoms with Crippen molar-refractivity contribution in [2.75, 3.05) is 18.8 Å². The van der Waals surface area contributed by atoms with Crippen LogP contribution in [-0.4, -0.2) is 44.4 Å². The van der Waals surface area contributed by atoms with Gasteiger partial charge >= 0.3 is 0 Å². The Morgan fingerprint density at radius 2 is 1.89 bits per heavy atom. The molecule has 6 nitrogen and oxygen atoms in total. The molecule has 0 saturated carbocycles. The topological polar surface area (TPSA) is 64.2 Å². The summed E-state index contributed by atoms with van der Waals surface area (Å²) in [6.45, 7) is 2.30. The minimum atomic E-state index is 0.176. The Hall–Kier alpha value is -2.54. The van der Waals surface area contributed by atoms with Crippen LogP contribution in [0.3, 0.4) is 0 Å². The zero-order valence-corrected chi connectivity index (χ0v) is 15.9. The number of aromatic nitrogens is 3. The van der Waals surface area contributed by atoms with Crippen LogP contribution in [0.25, 0.3) is 0 Å². The number of carbonyl (C=O) groups is 1. The van der Waals surface area contributed by atoms with E-state index in [1.807, 2.05) is 39.8 Å². The molecular weight excluding hydrogens is 360 g/mol. The fraction of sp³-hybridized carbons (Fsp3) is 0.350. The number of furan rings is 1. The molecule has 0 atom stereocenters. The number of rotatable bonds is 7. The van der Waals surface area contributed by atoms with Crippen molar-refractivity contribution in [3.05, 3.63) is 65.9 Å². The summed E-state index contributed by atoms with van der Waals surface area (Å²) in [7, 11) is 0. The van der Waals surface area contributed by atoms with E-state index in [-0.39, 0.29) is 5.91 Å². The van der Waals surface area contributed by atoms with E-state index in [0.717, 1.165) is 42.7 Å². The monoisotopic (exact) mass is 382 g/mol. The lowest BCUT2D eigenvalue weighted by Gasteiger charge is -2.14. The van der Waals surface area contributed by atoms with Crippen LogP contribution < -0.4 is 0 Å². The Morgan fingerprint density at radius 3 is 2.63 bits per heavy atom. The van der Waals surface area contributed by atoms with Gasteiger partial charge in [0.2, 0.25) is 5.91 Å². The standard InChI is InChI=1S/C20H22N4O2S/c25-19(23-10-4-5-11-23)15-27-20-22-21-18(13-16-7-2-1-3-8-16)24(20)14-17-9-6-12-26-17/h1-3,6-9,12H,4-5,10-11,13-15H2. The molecule has 4 rings (SSSR count). The Kier molecular flexibility index (Phi) is 5.58. The zero-order valence-electron chi connectivity index (χ0n) is 15.1. The van der Waals surface area contributed by atoms with Gasteiger partial charge in [0.25, 0.3) is 0 Å². The zero-order chi connectivity index (χ0) is 18.5. The van der Waals surface area contributed by atoms with E-state index >= 15 is 0 Å². The Labute approximate surface area is 162 Å². The van der Waals surface area contributed by atoms with E-state index in [1.165, 1.54) is 17.3 Å². The summed E-state index contributed by atoms with van der Waals surface area (Å²) in [6.07, 6.45) is 4.56. The summed E-state index contributed by atoms with van der Waals surface area (Å²) in [4.78, 5) is 14.3. The van der Waals surface area contributed by atoms with Crippen LogP contribution in [0.4, 0.5) is 0 Å². The molecule has 140 valence electrons. The minimum absolute atomic E-state index is 0.176. The molecule has 1 amide bonds. The first-order chi connectivity index (χ1) is 13.3. The van der Waals surface area contributed by atoms with Crippen molar-refractivity contribution in [3.63, 3.8) is 0 Å². The highest BCUT2D eigenvalue weighted by molar-refractivity contribution is 7.99. The van der Waals surface area contributed by atoms with E-state index in [9.17, 15) is 4.79 Å². The molecule has 27 heavy (non-hydrogen) atoms. The van der Waals surface area contributed by atoms with Gasteiger partial charge in [-0.05, 0) is 30.5 Å². The molecule has 0 bridgehead atoms. The van der Waals surface area contributed by atoms with E-state index in [0.29, 0.717) is 18.7 Å². The molecule has 7 heteroatoms. The SMILES string of the molecule is O=C(CSc1nnc(Cc2ccccc2)n1Cc1ccco1)N1CCCC1. The highest BCUT2D eigenvalue weighted by Gasteiger charge is 2.20. The van der Waals surface area contributed by atoms with Crippen LogP contribution >= 0.6 is 11.8 Å². The van der Waals surface area contributed by atoms with Crippen LogP contribution in [-0.2, 0) is 17.8 Å². The van der Waals surface area contributed by atoms with Crippen molar-refractivity contribution >= 4 is 17.7 Å². The van der Waals surface area contributed by atoms with Gasteiger partial charge in [-0.25, -0.2) is 0 Å². The molecule has 1 saturated heterocycles. The highest BCUT2D eigenvalue weighted by Crippen LogP contribution is 2.22. The molecular formula is C20H22N4O2S. The molecule has 1 aliphatic heterocycles. The molecule has 1 aromatic carbocycles. The maximum Gasteiger partial charge on any atom is 0.233 e. The van der Waals surface area contributed by atoms with Crippen molar-refractivity contribution in [2.45, 2.75) is 31.0 Å². The van der Waals surface area contributed by atoms with Gasteiger partial charge in [0, 0.05) is 19.5 Å². The van der Waals surface area contributed by atoms with Gasteiger partial charge in [-0.1, -0.05) is 42.1 Å². The van der Waals surface area contributed by atoms with Gasteiger partial charge in [-0.2, -0.15) is 0 Å². The number of amides is 1. The number of thioether (sulfide) groups is 1. The minimum Gasteiger partial charge on any atom is -0.467 e. The van der Waals surface area contributed by atoms with E-state index < -0.39 is 0 Å². The number of hydrogen-bond acceptors (Lipinski definition) is 5. The first kappa shape index (κ1) is 17.9. The van der Waals surface area contributed by atoms with Gasteiger partial charge in [-0.3, -0.25) is 9.36 Å². The van der Waals surface area contributed by atoms with E-state index in [4.69, 9.17) is 4.42 Å². The number of nitrogens with zero attached hydrogens (tertiary/aromatic N) is 4. The van der Waals surface area contributed by atoms with Crippen LogP contribution in [0.15, 0.2) is 58.3 Å². The third-order valence-electron chi connectivity index (χ3n) is 4.68. The number of benzene rings is 1. The molecule has 0 N–H and O–H groups in total. The van der Waals surface area contributed by atoms with Gasteiger partial charge in [0.15, 0.2) is 5.16 Å². The first-order valence-corrected chi connectivity index (χ1v) is 10.2. The van der Waals surface area contributed by atoms with Crippen molar-refractivity contribution < 1.29 is 9.21 Å². The average Bonchev–Trinajstić information content (AvgIpc) is 3.45. The first-order valence-electron chi connectivity index (χ1n) is 9.18. The van der Waals surface area contributed by atoms with Crippen molar-refractivity contribution in [2.24, 2.45) is 0 Å². The summed E-state index contributed by atoms with van der Waals surface area (Å²) in [6, 6.07) is 14.0.